The van der Waals surface area contributed by atoms with Crippen LogP contribution in [0.2, 0.25) is 10.0 Å². The zero-order chi connectivity index (χ0) is 21.2. The molecule has 0 saturated carbocycles. The number of hydrogen-bond donors (Lipinski definition) is 1. The molecule has 29 heavy (non-hydrogen) atoms. The van der Waals surface area contributed by atoms with Gasteiger partial charge in [-0.1, -0.05) is 29.3 Å². The molecule has 3 rings (SSSR count). The standard InChI is InChI=1S/C19H18Cl2F2N2O3S/c20-14-2-1-13(16(21)9-14)11-24-19(26)12-5-7-25(8-6-12)29(27,28)15-3-4-17(22)18(23)10-15/h1-4,9-10,12H,5-8,11H2,(H,24,26). The van der Waals surface area contributed by atoms with Crippen molar-refractivity contribution in [3.05, 3.63) is 63.6 Å². The number of benzene rings is 2. The van der Waals surface area contributed by atoms with Crippen LogP contribution in [0.1, 0.15) is 18.4 Å². The monoisotopic (exact) mass is 462 g/mol. The first-order valence-electron chi connectivity index (χ1n) is 8.85. The molecule has 1 aliphatic heterocycles. The van der Waals surface area contributed by atoms with Crippen molar-refractivity contribution in [3.63, 3.8) is 0 Å². The Labute approximate surface area is 177 Å². The molecule has 10 heteroatoms. The van der Waals surface area contributed by atoms with Crippen LogP contribution in [-0.4, -0.2) is 31.7 Å². The van der Waals surface area contributed by atoms with Gasteiger partial charge in [-0.3, -0.25) is 4.79 Å². The van der Waals surface area contributed by atoms with Gasteiger partial charge in [-0.05, 0) is 48.7 Å². The van der Waals surface area contributed by atoms with E-state index in [4.69, 9.17) is 23.2 Å². The third-order valence-electron chi connectivity index (χ3n) is 4.82. The molecular weight excluding hydrogens is 445 g/mol. The number of carbonyl (C=O) groups is 1. The fraction of sp³-hybridized carbons (Fsp3) is 0.316. The highest BCUT2D eigenvalue weighted by Gasteiger charge is 2.32. The highest BCUT2D eigenvalue weighted by atomic mass is 35.5. The van der Waals surface area contributed by atoms with Crippen LogP contribution in [0, 0.1) is 17.6 Å². The quantitative estimate of drug-likeness (QED) is 0.730. The predicted octanol–water partition coefficient (Wildman–Crippen LogP) is 3.99. The summed E-state index contributed by atoms with van der Waals surface area (Å²) >= 11 is 11.9. The molecule has 0 aromatic heterocycles. The van der Waals surface area contributed by atoms with Gasteiger partial charge in [-0.2, -0.15) is 4.31 Å². The number of hydrogen-bond acceptors (Lipinski definition) is 3. The summed E-state index contributed by atoms with van der Waals surface area (Å²) in [7, 11) is -3.95. The van der Waals surface area contributed by atoms with Gasteiger partial charge in [0.15, 0.2) is 11.6 Å². The topological polar surface area (TPSA) is 66.5 Å². The zero-order valence-corrected chi connectivity index (χ0v) is 17.5. The largest absolute Gasteiger partial charge is 0.352 e. The van der Waals surface area contributed by atoms with Crippen LogP contribution in [-0.2, 0) is 21.4 Å². The van der Waals surface area contributed by atoms with Gasteiger partial charge in [0.2, 0.25) is 15.9 Å². The van der Waals surface area contributed by atoms with Crippen molar-refractivity contribution in [1.29, 1.82) is 0 Å². The van der Waals surface area contributed by atoms with Crippen LogP contribution >= 0.6 is 23.2 Å². The predicted molar refractivity (Wildman–Crippen MR) is 106 cm³/mol. The van der Waals surface area contributed by atoms with E-state index in [0.717, 1.165) is 17.7 Å². The van der Waals surface area contributed by atoms with E-state index in [0.29, 0.717) is 29.0 Å². The molecule has 0 aliphatic carbocycles. The molecule has 1 saturated heterocycles. The van der Waals surface area contributed by atoms with Crippen LogP contribution in [0.4, 0.5) is 8.78 Å². The average Bonchev–Trinajstić information content (AvgIpc) is 2.69. The normalized spacial score (nSPS) is 16.0. The highest BCUT2D eigenvalue weighted by Crippen LogP contribution is 2.25. The van der Waals surface area contributed by atoms with Gasteiger partial charge in [-0.25, -0.2) is 17.2 Å². The van der Waals surface area contributed by atoms with E-state index in [1.165, 1.54) is 4.31 Å². The summed E-state index contributed by atoms with van der Waals surface area (Å²) in [6.45, 7) is 0.463. The lowest BCUT2D eigenvalue weighted by atomic mass is 9.97. The molecule has 1 aliphatic rings. The van der Waals surface area contributed by atoms with E-state index < -0.39 is 21.7 Å². The number of amides is 1. The fourth-order valence-corrected chi connectivity index (χ4v) is 5.09. The number of carbonyl (C=O) groups excluding carboxylic acids is 1. The summed E-state index contributed by atoms with van der Waals surface area (Å²) in [5.74, 6) is -2.88. The average molecular weight is 463 g/mol. The van der Waals surface area contributed by atoms with Gasteiger partial charge in [0.25, 0.3) is 0 Å². The second-order valence-electron chi connectivity index (χ2n) is 6.71. The van der Waals surface area contributed by atoms with Crippen molar-refractivity contribution in [2.24, 2.45) is 5.92 Å². The van der Waals surface area contributed by atoms with E-state index in [1.54, 1.807) is 18.2 Å². The molecule has 156 valence electrons. The molecule has 1 heterocycles. The summed E-state index contributed by atoms with van der Waals surface area (Å²) in [5, 5.41) is 3.75. The lowest BCUT2D eigenvalue weighted by Gasteiger charge is -2.30. The van der Waals surface area contributed by atoms with Gasteiger partial charge >= 0.3 is 0 Å². The maximum Gasteiger partial charge on any atom is 0.243 e. The molecule has 1 amide bonds. The van der Waals surface area contributed by atoms with Crippen LogP contribution < -0.4 is 5.32 Å². The second-order valence-corrected chi connectivity index (χ2v) is 9.49. The number of rotatable bonds is 5. The van der Waals surface area contributed by atoms with Gasteiger partial charge in [0.1, 0.15) is 0 Å². The smallest absolute Gasteiger partial charge is 0.243 e. The van der Waals surface area contributed by atoms with Gasteiger partial charge < -0.3 is 5.32 Å². The van der Waals surface area contributed by atoms with Crippen LogP contribution in [0.3, 0.4) is 0 Å². The fourth-order valence-electron chi connectivity index (χ4n) is 3.14. The van der Waals surface area contributed by atoms with Crippen molar-refractivity contribution in [3.8, 4) is 0 Å². The SMILES string of the molecule is O=C(NCc1ccc(Cl)cc1Cl)C1CCN(S(=O)(=O)c2ccc(F)c(F)c2)CC1. The van der Waals surface area contributed by atoms with Crippen molar-refractivity contribution in [1.82, 2.24) is 9.62 Å². The lowest BCUT2D eigenvalue weighted by molar-refractivity contribution is -0.126. The summed E-state index contributed by atoms with van der Waals surface area (Å²) in [6.07, 6.45) is 0.645. The Morgan fingerprint density at radius 2 is 1.76 bits per heavy atom. The molecule has 2 aromatic rings. The van der Waals surface area contributed by atoms with Crippen molar-refractivity contribution in [2.75, 3.05) is 13.1 Å². The van der Waals surface area contributed by atoms with Crippen LogP contribution in [0.25, 0.3) is 0 Å². The van der Waals surface area contributed by atoms with E-state index in [-0.39, 0.29) is 36.4 Å². The van der Waals surface area contributed by atoms with Gasteiger partial charge in [0.05, 0.1) is 4.90 Å². The molecule has 0 unspecified atom stereocenters. The Morgan fingerprint density at radius 1 is 1.07 bits per heavy atom. The first kappa shape index (κ1) is 22.0. The molecule has 5 nitrogen and oxygen atoms in total. The summed E-state index contributed by atoms with van der Waals surface area (Å²) in [5.41, 5.74) is 0.725. The first-order chi connectivity index (χ1) is 13.7. The maximum atomic E-state index is 13.4. The van der Waals surface area contributed by atoms with Crippen LogP contribution in [0.15, 0.2) is 41.3 Å². The maximum absolute atomic E-state index is 13.4. The minimum atomic E-state index is -3.95. The Hall–Kier alpha value is -1.74. The van der Waals surface area contributed by atoms with Crippen molar-refractivity contribution in [2.45, 2.75) is 24.3 Å². The minimum Gasteiger partial charge on any atom is -0.352 e. The molecule has 1 N–H and O–H groups in total. The van der Waals surface area contributed by atoms with E-state index in [9.17, 15) is 22.0 Å². The minimum absolute atomic E-state index is 0.112. The summed E-state index contributed by atoms with van der Waals surface area (Å²) in [4.78, 5) is 12.1. The Morgan fingerprint density at radius 3 is 2.38 bits per heavy atom. The van der Waals surface area contributed by atoms with Crippen LogP contribution in [0.5, 0.6) is 0 Å². The zero-order valence-electron chi connectivity index (χ0n) is 15.2. The number of piperidine rings is 1. The first-order valence-corrected chi connectivity index (χ1v) is 11.0. The van der Waals surface area contributed by atoms with E-state index >= 15 is 0 Å². The summed E-state index contributed by atoms with van der Waals surface area (Å²) in [6, 6.07) is 7.47. The molecular formula is C19H18Cl2F2N2O3S. The number of halogens is 4. The third kappa shape index (κ3) is 5.06. The van der Waals surface area contributed by atoms with Crippen molar-refractivity contribution < 1.29 is 22.0 Å². The second kappa shape index (κ2) is 8.95. The Balaban J connectivity index is 1.58. The summed E-state index contributed by atoms with van der Waals surface area (Å²) < 4.78 is 52.9. The molecule has 0 bridgehead atoms. The Bertz CT molecular complexity index is 1030. The molecule has 0 atom stereocenters. The van der Waals surface area contributed by atoms with E-state index in [2.05, 4.69) is 5.32 Å². The third-order valence-corrected chi connectivity index (χ3v) is 7.30. The number of sulfonamides is 1. The molecule has 2 aromatic carbocycles. The van der Waals surface area contributed by atoms with E-state index in [1.807, 2.05) is 0 Å². The number of nitrogens with one attached hydrogen (secondary N) is 1. The Kier molecular flexibility index (Phi) is 6.78. The lowest BCUT2D eigenvalue weighted by Crippen LogP contribution is -2.42. The van der Waals surface area contributed by atoms with Gasteiger partial charge in [-0.15, -0.1) is 0 Å². The molecule has 0 spiro atoms. The molecule has 1 fully saturated rings. The highest BCUT2D eigenvalue weighted by molar-refractivity contribution is 7.89. The van der Waals surface area contributed by atoms with Gasteiger partial charge in [0, 0.05) is 35.6 Å². The number of nitrogens with zero attached hydrogens (tertiary/aromatic N) is 1. The van der Waals surface area contributed by atoms with Crippen molar-refractivity contribution >= 4 is 39.1 Å². The molecule has 0 radical (unpaired) electrons.